The van der Waals surface area contributed by atoms with Gasteiger partial charge in [-0.05, 0) is 61.4 Å². The highest BCUT2D eigenvalue weighted by Crippen LogP contribution is 2.19. The molecular formula is C24H25N3O2. The summed E-state index contributed by atoms with van der Waals surface area (Å²) in [5, 5.41) is 6.04. The highest BCUT2D eigenvalue weighted by molar-refractivity contribution is 6.05. The lowest BCUT2D eigenvalue weighted by Gasteiger charge is -2.17. The van der Waals surface area contributed by atoms with Gasteiger partial charge in [0.2, 0.25) is 5.91 Å². The van der Waals surface area contributed by atoms with Crippen molar-refractivity contribution in [1.82, 2.24) is 0 Å². The molecule has 0 bridgehead atoms. The Kier molecular flexibility index (Phi) is 6.29. The quantitative estimate of drug-likeness (QED) is 0.648. The zero-order valence-electron chi connectivity index (χ0n) is 16.9. The first-order valence-electron chi connectivity index (χ1n) is 9.49. The van der Waals surface area contributed by atoms with Crippen LogP contribution in [0.25, 0.3) is 0 Å². The van der Waals surface area contributed by atoms with E-state index in [1.165, 1.54) is 0 Å². The Morgan fingerprint density at radius 3 is 2.07 bits per heavy atom. The van der Waals surface area contributed by atoms with Crippen molar-refractivity contribution in [2.24, 2.45) is 0 Å². The van der Waals surface area contributed by atoms with Crippen LogP contribution < -0.4 is 15.5 Å². The van der Waals surface area contributed by atoms with Gasteiger partial charge in [-0.2, -0.15) is 0 Å². The molecule has 0 saturated carbocycles. The van der Waals surface area contributed by atoms with Gasteiger partial charge in [0.25, 0.3) is 5.91 Å². The predicted octanol–water partition coefficient (Wildman–Crippen LogP) is 4.63. The number of benzene rings is 3. The van der Waals surface area contributed by atoms with Crippen molar-refractivity contribution >= 4 is 28.9 Å². The van der Waals surface area contributed by atoms with E-state index in [-0.39, 0.29) is 18.4 Å². The van der Waals surface area contributed by atoms with Gasteiger partial charge in [-0.25, -0.2) is 0 Å². The third-order valence-corrected chi connectivity index (χ3v) is 4.78. The highest BCUT2D eigenvalue weighted by Gasteiger charge is 2.13. The van der Waals surface area contributed by atoms with Gasteiger partial charge in [0.1, 0.15) is 0 Å². The molecule has 148 valence electrons. The standard InChI is InChI=1S/C24H25N3O2/c1-17-8-7-9-18(2)23(17)26-22(28)16-25-20-14-12-19(13-15-20)24(29)27(3)21-10-5-4-6-11-21/h4-15,25H,16H2,1-3H3,(H,26,28). The molecule has 0 aliphatic rings. The SMILES string of the molecule is Cc1cccc(C)c1NC(=O)CNc1ccc(C(=O)N(C)c2ccccc2)cc1. The molecule has 0 aromatic heterocycles. The molecule has 3 rings (SSSR count). The first-order chi connectivity index (χ1) is 14.0. The van der Waals surface area contributed by atoms with Crippen molar-refractivity contribution in [3.63, 3.8) is 0 Å². The second-order valence-electron chi connectivity index (χ2n) is 6.95. The van der Waals surface area contributed by atoms with Crippen LogP contribution >= 0.6 is 0 Å². The predicted molar refractivity (Wildman–Crippen MR) is 119 cm³/mol. The number of carbonyl (C=O) groups excluding carboxylic acids is 2. The smallest absolute Gasteiger partial charge is 0.258 e. The Morgan fingerprint density at radius 1 is 0.828 bits per heavy atom. The second-order valence-corrected chi connectivity index (χ2v) is 6.95. The summed E-state index contributed by atoms with van der Waals surface area (Å²) in [5.41, 5.74) is 5.11. The minimum atomic E-state index is -0.119. The molecular weight excluding hydrogens is 362 g/mol. The number of hydrogen-bond donors (Lipinski definition) is 2. The van der Waals surface area contributed by atoms with Crippen molar-refractivity contribution in [2.75, 3.05) is 29.1 Å². The molecule has 3 aromatic carbocycles. The minimum Gasteiger partial charge on any atom is -0.376 e. The fourth-order valence-corrected chi connectivity index (χ4v) is 3.07. The molecule has 3 aromatic rings. The van der Waals surface area contributed by atoms with E-state index in [0.717, 1.165) is 28.2 Å². The van der Waals surface area contributed by atoms with E-state index in [0.29, 0.717) is 5.56 Å². The number of amides is 2. The number of para-hydroxylation sites is 2. The molecule has 0 aliphatic carbocycles. The lowest BCUT2D eigenvalue weighted by atomic mass is 10.1. The fraction of sp³-hybridized carbons (Fsp3) is 0.167. The van der Waals surface area contributed by atoms with Crippen LogP contribution in [0.2, 0.25) is 0 Å². The topological polar surface area (TPSA) is 61.4 Å². The second kappa shape index (κ2) is 9.06. The van der Waals surface area contributed by atoms with Crippen molar-refractivity contribution in [3.05, 3.63) is 89.5 Å². The zero-order valence-corrected chi connectivity index (χ0v) is 16.9. The fourth-order valence-electron chi connectivity index (χ4n) is 3.07. The summed E-state index contributed by atoms with van der Waals surface area (Å²) in [5.74, 6) is -0.207. The molecule has 0 atom stereocenters. The molecule has 0 unspecified atom stereocenters. The first kappa shape index (κ1) is 20.1. The number of nitrogens with one attached hydrogen (secondary N) is 2. The van der Waals surface area contributed by atoms with Gasteiger partial charge in [0.05, 0.1) is 6.54 Å². The largest absolute Gasteiger partial charge is 0.376 e. The molecule has 2 amide bonds. The number of carbonyl (C=O) groups is 2. The summed E-state index contributed by atoms with van der Waals surface area (Å²) < 4.78 is 0. The van der Waals surface area contributed by atoms with Crippen LogP contribution in [0.1, 0.15) is 21.5 Å². The summed E-state index contributed by atoms with van der Waals surface area (Å²) in [6.07, 6.45) is 0. The van der Waals surface area contributed by atoms with Crippen LogP contribution in [0.15, 0.2) is 72.8 Å². The molecule has 0 saturated heterocycles. The van der Waals surface area contributed by atoms with Gasteiger partial charge < -0.3 is 15.5 Å². The monoisotopic (exact) mass is 387 g/mol. The van der Waals surface area contributed by atoms with Gasteiger partial charge in [-0.3, -0.25) is 9.59 Å². The van der Waals surface area contributed by atoms with Crippen LogP contribution in [-0.4, -0.2) is 25.4 Å². The number of anilines is 3. The van der Waals surface area contributed by atoms with Crippen molar-refractivity contribution in [2.45, 2.75) is 13.8 Å². The highest BCUT2D eigenvalue weighted by atomic mass is 16.2. The number of nitrogens with zero attached hydrogens (tertiary/aromatic N) is 1. The maximum Gasteiger partial charge on any atom is 0.258 e. The van der Waals surface area contributed by atoms with E-state index in [1.54, 1.807) is 36.2 Å². The number of hydrogen-bond acceptors (Lipinski definition) is 3. The zero-order chi connectivity index (χ0) is 20.8. The van der Waals surface area contributed by atoms with Gasteiger partial charge in [0.15, 0.2) is 0 Å². The van der Waals surface area contributed by atoms with E-state index in [1.807, 2.05) is 62.4 Å². The van der Waals surface area contributed by atoms with Crippen molar-refractivity contribution < 1.29 is 9.59 Å². The molecule has 5 heteroatoms. The number of rotatable bonds is 6. The van der Waals surface area contributed by atoms with Crippen molar-refractivity contribution in [3.8, 4) is 0 Å². The summed E-state index contributed by atoms with van der Waals surface area (Å²) in [6.45, 7) is 4.08. The van der Waals surface area contributed by atoms with Crippen LogP contribution in [0.4, 0.5) is 17.1 Å². The third-order valence-electron chi connectivity index (χ3n) is 4.78. The van der Waals surface area contributed by atoms with E-state index in [4.69, 9.17) is 0 Å². The maximum absolute atomic E-state index is 12.6. The van der Waals surface area contributed by atoms with Crippen molar-refractivity contribution in [1.29, 1.82) is 0 Å². The molecule has 29 heavy (non-hydrogen) atoms. The Morgan fingerprint density at radius 2 is 1.45 bits per heavy atom. The summed E-state index contributed by atoms with van der Waals surface area (Å²) in [6, 6.07) is 22.5. The Bertz CT molecular complexity index is 978. The molecule has 0 aliphatic heterocycles. The average molecular weight is 387 g/mol. The number of aryl methyl sites for hydroxylation is 2. The Hall–Kier alpha value is -3.60. The van der Waals surface area contributed by atoms with Crippen LogP contribution in [0, 0.1) is 13.8 Å². The molecule has 0 heterocycles. The van der Waals surface area contributed by atoms with E-state index < -0.39 is 0 Å². The van der Waals surface area contributed by atoms with E-state index in [2.05, 4.69) is 10.6 Å². The summed E-state index contributed by atoms with van der Waals surface area (Å²) in [4.78, 5) is 26.5. The average Bonchev–Trinajstić information content (AvgIpc) is 2.75. The molecule has 2 N–H and O–H groups in total. The van der Waals surface area contributed by atoms with E-state index >= 15 is 0 Å². The van der Waals surface area contributed by atoms with Crippen LogP contribution in [0.3, 0.4) is 0 Å². The lowest BCUT2D eigenvalue weighted by molar-refractivity contribution is -0.114. The van der Waals surface area contributed by atoms with E-state index in [9.17, 15) is 9.59 Å². The minimum absolute atomic E-state index is 0.0875. The third kappa shape index (κ3) is 5.02. The molecule has 0 spiro atoms. The lowest BCUT2D eigenvalue weighted by Crippen LogP contribution is -2.26. The van der Waals surface area contributed by atoms with Crippen LogP contribution in [0.5, 0.6) is 0 Å². The maximum atomic E-state index is 12.6. The van der Waals surface area contributed by atoms with Gasteiger partial charge >= 0.3 is 0 Å². The Labute approximate surface area is 171 Å². The molecule has 5 nitrogen and oxygen atoms in total. The van der Waals surface area contributed by atoms with Gasteiger partial charge in [0, 0.05) is 29.7 Å². The first-order valence-corrected chi connectivity index (χ1v) is 9.49. The summed E-state index contributed by atoms with van der Waals surface area (Å²) >= 11 is 0. The summed E-state index contributed by atoms with van der Waals surface area (Å²) in [7, 11) is 1.75. The van der Waals surface area contributed by atoms with Crippen LogP contribution in [-0.2, 0) is 4.79 Å². The normalized spacial score (nSPS) is 10.3. The van der Waals surface area contributed by atoms with Gasteiger partial charge in [-0.15, -0.1) is 0 Å². The molecule has 0 fully saturated rings. The van der Waals surface area contributed by atoms with Gasteiger partial charge in [-0.1, -0.05) is 36.4 Å². The Balaban J connectivity index is 1.58. The molecule has 0 radical (unpaired) electrons.